The van der Waals surface area contributed by atoms with E-state index in [0.29, 0.717) is 5.69 Å². The number of nitrogen functional groups attached to an aromatic ring is 1. The minimum atomic E-state index is 0.171. The van der Waals surface area contributed by atoms with Gasteiger partial charge in [-0.2, -0.15) is 0 Å². The third-order valence-corrected chi connectivity index (χ3v) is 5.27. The van der Waals surface area contributed by atoms with Crippen molar-refractivity contribution in [2.24, 2.45) is 0 Å². The Hall–Kier alpha value is -1.48. The Morgan fingerprint density at radius 2 is 1.33 bits per heavy atom. The van der Waals surface area contributed by atoms with Crippen molar-refractivity contribution in [3.8, 4) is 22.6 Å². The average molecular weight is 631 g/mol. The first-order valence-electron chi connectivity index (χ1n) is 10.1. The van der Waals surface area contributed by atoms with E-state index in [2.05, 4.69) is 69.4 Å². The number of nitrogens with two attached hydrogens (primary N) is 1. The third-order valence-electron chi connectivity index (χ3n) is 4.55. The SMILES string of the molecule is CC.CI.Nc1c(-c2ccc(O)cc2)ccc(CCCCc2ccc(I)cc2)c1O. The predicted octanol–water partition coefficient (Wildman–Crippen LogP) is 7.59. The smallest absolute Gasteiger partial charge is 0.142 e. The number of aryl methyl sites for hydroxylation is 2. The fourth-order valence-corrected chi connectivity index (χ4v) is 3.40. The quantitative estimate of drug-likeness (QED) is 0.0864. The lowest BCUT2D eigenvalue weighted by Gasteiger charge is -2.12. The van der Waals surface area contributed by atoms with Crippen LogP contribution >= 0.6 is 45.2 Å². The molecule has 0 saturated heterocycles. The van der Waals surface area contributed by atoms with Gasteiger partial charge in [0, 0.05) is 9.13 Å². The van der Waals surface area contributed by atoms with Crippen molar-refractivity contribution < 1.29 is 10.2 Å². The minimum absolute atomic E-state index is 0.171. The summed E-state index contributed by atoms with van der Waals surface area (Å²) in [7, 11) is 0. The number of aromatic hydroxyl groups is 2. The topological polar surface area (TPSA) is 66.5 Å². The summed E-state index contributed by atoms with van der Waals surface area (Å²) in [4.78, 5) is 1.97. The monoisotopic (exact) mass is 631 g/mol. The number of hydrogen-bond donors (Lipinski definition) is 3. The van der Waals surface area contributed by atoms with Crippen LogP contribution in [0.5, 0.6) is 11.5 Å². The molecule has 0 aliphatic rings. The van der Waals surface area contributed by atoms with Gasteiger partial charge in [0.25, 0.3) is 0 Å². The van der Waals surface area contributed by atoms with E-state index in [-0.39, 0.29) is 11.5 Å². The highest BCUT2D eigenvalue weighted by Crippen LogP contribution is 2.36. The lowest BCUT2D eigenvalue weighted by atomic mass is 9.97. The third kappa shape index (κ3) is 7.98. The molecule has 0 radical (unpaired) electrons. The van der Waals surface area contributed by atoms with Crippen LogP contribution in [0.3, 0.4) is 0 Å². The Kier molecular flexibility index (Phi) is 12.8. The molecule has 162 valence electrons. The molecule has 0 unspecified atom stereocenters. The van der Waals surface area contributed by atoms with Crippen LogP contribution in [-0.4, -0.2) is 15.1 Å². The van der Waals surface area contributed by atoms with Gasteiger partial charge in [0.15, 0.2) is 0 Å². The van der Waals surface area contributed by atoms with Crippen molar-refractivity contribution in [2.75, 3.05) is 10.7 Å². The molecule has 3 rings (SSSR count). The van der Waals surface area contributed by atoms with Crippen LogP contribution in [0.4, 0.5) is 5.69 Å². The van der Waals surface area contributed by atoms with Crippen molar-refractivity contribution in [2.45, 2.75) is 39.5 Å². The molecular weight excluding hydrogens is 600 g/mol. The molecule has 0 aromatic heterocycles. The second kappa shape index (κ2) is 14.5. The van der Waals surface area contributed by atoms with E-state index in [1.54, 1.807) is 24.3 Å². The molecule has 0 spiro atoms. The van der Waals surface area contributed by atoms with Crippen LogP contribution in [0.2, 0.25) is 0 Å². The molecule has 3 aromatic carbocycles. The molecule has 5 heteroatoms. The Balaban J connectivity index is 0.00000106. The molecular formula is C25H31I2NO2. The highest BCUT2D eigenvalue weighted by Gasteiger charge is 2.11. The van der Waals surface area contributed by atoms with Crippen molar-refractivity contribution in [1.29, 1.82) is 0 Å². The number of anilines is 1. The molecule has 0 aliphatic carbocycles. The summed E-state index contributed by atoms with van der Waals surface area (Å²) in [5, 5.41) is 19.9. The number of unbranched alkanes of at least 4 members (excludes halogenated alkanes) is 1. The summed E-state index contributed by atoms with van der Waals surface area (Å²) in [5.74, 6) is 0.381. The van der Waals surface area contributed by atoms with Crippen molar-refractivity contribution in [1.82, 2.24) is 0 Å². The predicted molar refractivity (Wildman–Crippen MR) is 147 cm³/mol. The molecule has 4 N–H and O–H groups in total. The molecule has 0 amide bonds. The number of phenolic OH excluding ortho intramolecular Hbond substituents is 2. The van der Waals surface area contributed by atoms with E-state index < -0.39 is 0 Å². The van der Waals surface area contributed by atoms with Gasteiger partial charge in [-0.05, 0) is 94.2 Å². The number of alkyl halides is 1. The number of rotatable bonds is 6. The van der Waals surface area contributed by atoms with Crippen molar-refractivity contribution in [3.63, 3.8) is 0 Å². The summed E-state index contributed by atoms with van der Waals surface area (Å²) in [6.07, 6.45) is 3.91. The zero-order valence-corrected chi connectivity index (χ0v) is 22.1. The van der Waals surface area contributed by atoms with Gasteiger partial charge in [0.2, 0.25) is 0 Å². The van der Waals surface area contributed by atoms with Crippen LogP contribution in [0.15, 0.2) is 60.7 Å². The van der Waals surface area contributed by atoms with E-state index in [0.717, 1.165) is 42.4 Å². The van der Waals surface area contributed by atoms with E-state index in [1.165, 1.54) is 9.13 Å². The molecule has 30 heavy (non-hydrogen) atoms. The molecule has 0 aliphatic heterocycles. The zero-order valence-electron chi connectivity index (χ0n) is 17.8. The number of halogens is 2. The fourth-order valence-electron chi connectivity index (χ4n) is 3.04. The molecule has 0 atom stereocenters. The molecule has 0 saturated carbocycles. The maximum atomic E-state index is 10.5. The van der Waals surface area contributed by atoms with Gasteiger partial charge in [0.05, 0.1) is 5.69 Å². The van der Waals surface area contributed by atoms with E-state index in [1.807, 2.05) is 30.9 Å². The first kappa shape index (κ1) is 26.6. The van der Waals surface area contributed by atoms with Crippen LogP contribution in [0, 0.1) is 3.57 Å². The van der Waals surface area contributed by atoms with Crippen LogP contribution in [0.25, 0.3) is 11.1 Å². The Bertz CT molecular complexity index is 879. The molecule has 3 nitrogen and oxygen atoms in total. The van der Waals surface area contributed by atoms with Crippen LogP contribution in [0.1, 0.15) is 37.8 Å². The van der Waals surface area contributed by atoms with Crippen LogP contribution < -0.4 is 5.73 Å². The fraction of sp³-hybridized carbons (Fsp3) is 0.280. The van der Waals surface area contributed by atoms with E-state index in [4.69, 9.17) is 5.73 Å². The van der Waals surface area contributed by atoms with Gasteiger partial charge in [-0.15, -0.1) is 0 Å². The maximum absolute atomic E-state index is 10.5. The minimum Gasteiger partial charge on any atom is -0.508 e. The molecule has 3 aromatic rings. The van der Waals surface area contributed by atoms with Gasteiger partial charge < -0.3 is 15.9 Å². The highest BCUT2D eigenvalue weighted by molar-refractivity contribution is 14.1. The van der Waals surface area contributed by atoms with Gasteiger partial charge in [-0.25, -0.2) is 0 Å². The van der Waals surface area contributed by atoms with Gasteiger partial charge in [-0.1, -0.05) is 72.8 Å². The van der Waals surface area contributed by atoms with Crippen molar-refractivity contribution >= 4 is 50.9 Å². The van der Waals surface area contributed by atoms with E-state index >= 15 is 0 Å². The number of phenols is 2. The summed E-state index contributed by atoms with van der Waals surface area (Å²) < 4.78 is 1.25. The lowest BCUT2D eigenvalue weighted by molar-refractivity contribution is 0.469. The summed E-state index contributed by atoms with van der Waals surface area (Å²) in [5.41, 5.74) is 10.4. The second-order valence-corrected chi connectivity index (χ2v) is 7.66. The molecule has 0 bridgehead atoms. The van der Waals surface area contributed by atoms with E-state index in [9.17, 15) is 10.2 Å². The zero-order chi connectivity index (χ0) is 22.5. The number of hydrogen-bond acceptors (Lipinski definition) is 3. The summed E-state index contributed by atoms with van der Waals surface area (Å²) in [6.45, 7) is 4.00. The lowest BCUT2D eigenvalue weighted by Crippen LogP contribution is -1.96. The number of benzene rings is 3. The molecule has 0 heterocycles. The van der Waals surface area contributed by atoms with Gasteiger partial charge in [-0.3, -0.25) is 0 Å². The second-order valence-electron chi connectivity index (χ2n) is 6.41. The Morgan fingerprint density at radius 1 is 0.767 bits per heavy atom. The summed E-state index contributed by atoms with van der Waals surface area (Å²) >= 11 is 4.46. The first-order chi connectivity index (χ1) is 14.5. The Labute approximate surface area is 208 Å². The summed E-state index contributed by atoms with van der Waals surface area (Å²) in [6, 6.07) is 19.3. The first-order valence-corrected chi connectivity index (χ1v) is 13.3. The largest absolute Gasteiger partial charge is 0.508 e. The Morgan fingerprint density at radius 3 is 1.93 bits per heavy atom. The van der Waals surface area contributed by atoms with Gasteiger partial charge >= 0.3 is 0 Å². The van der Waals surface area contributed by atoms with Crippen LogP contribution in [-0.2, 0) is 12.8 Å². The molecule has 0 fully saturated rings. The average Bonchev–Trinajstić information content (AvgIpc) is 2.79. The van der Waals surface area contributed by atoms with Gasteiger partial charge in [0.1, 0.15) is 11.5 Å². The highest BCUT2D eigenvalue weighted by atomic mass is 127. The van der Waals surface area contributed by atoms with Crippen molar-refractivity contribution in [3.05, 3.63) is 75.4 Å². The maximum Gasteiger partial charge on any atom is 0.142 e. The standard InChI is InChI=1S/C22H22INO2.C2H6.CH3I/c23-18-10-5-15(6-11-18)3-1-2-4-17-9-14-20(21(24)22(17)26)16-7-12-19(25)13-8-16;2*1-2/h5-14,25-26H,1-4,24H2;1-2H3;1H3. The normalized spacial score (nSPS) is 9.77.